The average molecular weight is 334 g/mol. The Morgan fingerprint density at radius 3 is 1.94 bits per heavy atom. The van der Waals surface area contributed by atoms with Gasteiger partial charge in [0.15, 0.2) is 0 Å². The number of unbranched alkanes of at least 4 members (excludes halogenated alkanes) is 7. The second-order valence-corrected chi connectivity index (χ2v) is 5.32. The van der Waals surface area contributed by atoms with E-state index in [1.165, 1.54) is 62.2 Å². The van der Waals surface area contributed by atoms with Crippen molar-refractivity contribution in [2.24, 2.45) is 0 Å². The first-order chi connectivity index (χ1) is 7.91. The third-order valence-corrected chi connectivity index (χ3v) is 3.37. The first kappa shape index (κ1) is 16.2. The molecule has 0 aliphatic rings. The highest BCUT2D eigenvalue weighted by Gasteiger charge is 1.87. The lowest BCUT2D eigenvalue weighted by molar-refractivity contribution is 0.642. The van der Waals surface area contributed by atoms with Gasteiger partial charge in [-0.05, 0) is 30.1 Å². The zero-order valence-electron chi connectivity index (χ0n) is 10.8. The molecule has 0 aliphatic heterocycles. The van der Waals surface area contributed by atoms with Crippen LogP contribution < -0.4 is 0 Å². The van der Waals surface area contributed by atoms with Crippen LogP contribution in [0.25, 0.3) is 0 Å². The summed E-state index contributed by atoms with van der Waals surface area (Å²) in [6.45, 7) is 2.24. The van der Waals surface area contributed by atoms with Crippen molar-refractivity contribution in [1.82, 2.24) is 0 Å². The summed E-state index contributed by atoms with van der Waals surface area (Å²) in [7, 11) is 0. The van der Waals surface area contributed by atoms with Crippen LogP contribution in [-0.4, -0.2) is 4.43 Å². The van der Waals surface area contributed by atoms with E-state index in [4.69, 9.17) is 0 Å². The van der Waals surface area contributed by atoms with Crippen molar-refractivity contribution < 1.29 is 0 Å². The molecule has 0 aromatic carbocycles. The lowest BCUT2D eigenvalue weighted by atomic mass is 10.1. The third kappa shape index (κ3) is 14.2. The Morgan fingerprint density at radius 1 is 0.750 bits per heavy atom. The number of halogens is 1. The molecule has 0 fully saturated rings. The van der Waals surface area contributed by atoms with Gasteiger partial charge in [-0.25, -0.2) is 0 Å². The van der Waals surface area contributed by atoms with Crippen molar-refractivity contribution in [3.8, 4) is 0 Å². The van der Waals surface area contributed by atoms with Gasteiger partial charge in [0.1, 0.15) is 0 Å². The van der Waals surface area contributed by atoms with Crippen molar-refractivity contribution in [3.05, 3.63) is 24.3 Å². The molecule has 0 aromatic rings. The van der Waals surface area contributed by atoms with Crippen LogP contribution in [0.3, 0.4) is 0 Å². The predicted molar refractivity (Wildman–Crippen MR) is 84.4 cm³/mol. The molecular formula is C15H27I. The highest BCUT2D eigenvalue weighted by Crippen LogP contribution is 2.07. The van der Waals surface area contributed by atoms with Gasteiger partial charge in [-0.1, -0.05) is 85.9 Å². The van der Waals surface area contributed by atoms with E-state index in [0.717, 1.165) is 0 Å². The van der Waals surface area contributed by atoms with E-state index in [9.17, 15) is 0 Å². The van der Waals surface area contributed by atoms with E-state index in [1.807, 2.05) is 0 Å². The fraction of sp³-hybridized carbons (Fsp3) is 0.733. The molecule has 0 saturated carbocycles. The number of hydrogen-bond donors (Lipinski definition) is 0. The van der Waals surface area contributed by atoms with Crippen LogP contribution >= 0.6 is 22.6 Å². The zero-order chi connectivity index (χ0) is 11.9. The Hall–Kier alpha value is 0.210. The van der Waals surface area contributed by atoms with E-state index < -0.39 is 0 Å². The Kier molecular flexibility index (Phi) is 15.4. The number of rotatable bonds is 11. The summed E-state index contributed by atoms with van der Waals surface area (Å²) in [5.41, 5.74) is 0. The monoisotopic (exact) mass is 334 g/mol. The Bertz CT molecular complexity index is 170. The molecule has 0 aromatic heterocycles. The van der Waals surface area contributed by atoms with Gasteiger partial charge in [-0.2, -0.15) is 0 Å². The van der Waals surface area contributed by atoms with Gasteiger partial charge in [0.25, 0.3) is 0 Å². The van der Waals surface area contributed by atoms with Crippen molar-refractivity contribution in [2.75, 3.05) is 4.43 Å². The Morgan fingerprint density at radius 2 is 1.31 bits per heavy atom. The summed E-state index contributed by atoms with van der Waals surface area (Å²) in [6.07, 6.45) is 21.1. The third-order valence-electron chi connectivity index (χ3n) is 2.61. The average Bonchev–Trinajstić information content (AvgIpc) is 2.31. The molecule has 0 heterocycles. The maximum atomic E-state index is 2.46. The van der Waals surface area contributed by atoms with Crippen molar-refractivity contribution >= 4 is 22.6 Å². The van der Waals surface area contributed by atoms with E-state index in [-0.39, 0.29) is 0 Å². The highest BCUT2D eigenvalue weighted by molar-refractivity contribution is 14.1. The summed E-state index contributed by atoms with van der Waals surface area (Å²) in [5, 5.41) is 0. The molecule has 1 heteroatoms. The minimum absolute atomic E-state index is 1.23. The van der Waals surface area contributed by atoms with E-state index in [2.05, 4.69) is 53.8 Å². The van der Waals surface area contributed by atoms with Gasteiger partial charge >= 0.3 is 0 Å². The molecule has 0 radical (unpaired) electrons. The maximum Gasteiger partial charge on any atom is -0.000473 e. The Labute approximate surface area is 116 Å². The van der Waals surface area contributed by atoms with Crippen LogP contribution in [-0.2, 0) is 0 Å². The minimum Gasteiger partial charge on any atom is -0.0864 e. The molecule has 0 N–H and O–H groups in total. The van der Waals surface area contributed by atoms with Crippen LogP contribution in [0.15, 0.2) is 24.3 Å². The normalized spacial score (nSPS) is 11.9. The fourth-order valence-corrected chi connectivity index (χ4v) is 2.10. The quantitative estimate of drug-likeness (QED) is 0.186. The molecule has 0 rings (SSSR count). The molecule has 0 aliphatic carbocycles. The van der Waals surface area contributed by atoms with Crippen LogP contribution in [0.4, 0.5) is 0 Å². The lowest BCUT2D eigenvalue weighted by Gasteiger charge is -1.96. The van der Waals surface area contributed by atoms with Crippen LogP contribution in [0.2, 0.25) is 0 Å². The van der Waals surface area contributed by atoms with Crippen LogP contribution in [0.1, 0.15) is 64.7 Å². The molecule has 0 saturated heterocycles. The molecule has 0 nitrogen and oxygen atoms in total. The van der Waals surface area contributed by atoms with Gasteiger partial charge in [0.2, 0.25) is 0 Å². The molecule has 16 heavy (non-hydrogen) atoms. The molecule has 0 amide bonds. The van der Waals surface area contributed by atoms with Crippen molar-refractivity contribution in [2.45, 2.75) is 64.7 Å². The first-order valence-corrected chi connectivity index (χ1v) is 8.32. The second kappa shape index (κ2) is 15.2. The van der Waals surface area contributed by atoms with E-state index in [0.29, 0.717) is 0 Å². The maximum absolute atomic E-state index is 2.46. The second-order valence-electron chi connectivity index (χ2n) is 4.24. The van der Waals surface area contributed by atoms with Gasteiger partial charge < -0.3 is 0 Å². The smallest absolute Gasteiger partial charge is 0.000473 e. The van der Waals surface area contributed by atoms with E-state index in [1.54, 1.807) is 0 Å². The SMILES string of the molecule is CCCCC=CC=CCCCCCCCI. The van der Waals surface area contributed by atoms with Gasteiger partial charge in [-0.15, -0.1) is 0 Å². The molecule has 0 bridgehead atoms. The number of allylic oxidation sites excluding steroid dienone is 4. The van der Waals surface area contributed by atoms with Crippen molar-refractivity contribution in [3.63, 3.8) is 0 Å². The minimum atomic E-state index is 1.23. The first-order valence-electron chi connectivity index (χ1n) is 6.79. The topological polar surface area (TPSA) is 0 Å². The highest BCUT2D eigenvalue weighted by atomic mass is 127. The van der Waals surface area contributed by atoms with Crippen molar-refractivity contribution in [1.29, 1.82) is 0 Å². The van der Waals surface area contributed by atoms with Gasteiger partial charge in [-0.3, -0.25) is 0 Å². The molecule has 0 unspecified atom stereocenters. The Balaban J connectivity index is 3.12. The zero-order valence-corrected chi connectivity index (χ0v) is 12.9. The van der Waals surface area contributed by atoms with Gasteiger partial charge in [0, 0.05) is 0 Å². The number of hydrogen-bond acceptors (Lipinski definition) is 0. The largest absolute Gasteiger partial charge is 0.0864 e. The molecule has 94 valence electrons. The summed E-state index contributed by atoms with van der Waals surface area (Å²) in [6, 6.07) is 0. The predicted octanol–water partition coefficient (Wildman–Crippen LogP) is 6.06. The summed E-state index contributed by atoms with van der Waals surface area (Å²) >= 11 is 2.46. The summed E-state index contributed by atoms with van der Waals surface area (Å²) in [4.78, 5) is 0. The molecular weight excluding hydrogens is 307 g/mol. The molecule has 0 atom stereocenters. The lowest BCUT2D eigenvalue weighted by Crippen LogP contribution is -1.78. The van der Waals surface area contributed by atoms with Gasteiger partial charge in [0.05, 0.1) is 0 Å². The van der Waals surface area contributed by atoms with E-state index >= 15 is 0 Å². The van der Waals surface area contributed by atoms with Crippen LogP contribution in [0.5, 0.6) is 0 Å². The summed E-state index contributed by atoms with van der Waals surface area (Å²) in [5.74, 6) is 0. The number of alkyl halides is 1. The fourth-order valence-electron chi connectivity index (χ4n) is 1.56. The summed E-state index contributed by atoms with van der Waals surface area (Å²) < 4.78 is 1.32. The molecule has 0 spiro atoms. The van der Waals surface area contributed by atoms with Crippen LogP contribution in [0, 0.1) is 0 Å². The standard InChI is InChI=1S/C15H27I/c1-2-3-4-5-6-7-8-9-10-11-12-13-14-15-16/h5-8H,2-4,9-15H2,1H3.